The highest BCUT2D eigenvalue weighted by molar-refractivity contribution is 5.83. The number of alkyl halides is 3. The van der Waals surface area contributed by atoms with Gasteiger partial charge in [-0.1, -0.05) is 12.1 Å². The molecule has 0 bridgehead atoms. The molecule has 136 valence electrons. The fourth-order valence-electron chi connectivity index (χ4n) is 2.98. The predicted octanol–water partition coefficient (Wildman–Crippen LogP) is 5.76. The molecule has 27 heavy (non-hydrogen) atoms. The van der Waals surface area contributed by atoms with Crippen molar-refractivity contribution in [2.75, 3.05) is 0 Å². The quantitative estimate of drug-likeness (QED) is 0.455. The number of hydrogen-bond acceptors (Lipinski definition) is 2. The molecule has 0 saturated carbocycles. The van der Waals surface area contributed by atoms with Crippen molar-refractivity contribution in [1.82, 2.24) is 15.0 Å². The van der Waals surface area contributed by atoms with Crippen molar-refractivity contribution in [3.63, 3.8) is 0 Å². The van der Waals surface area contributed by atoms with Crippen LogP contribution >= 0.6 is 0 Å². The zero-order chi connectivity index (χ0) is 19.2. The minimum Gasteiger partial charge on any atom is -0.338 e. The van der Waals surface area contributed by atoms with E-state index in [1.54, 1.807) is 37.4 Å². The zero-order valence-electron chi connectivity index (χ0n) is 14.1. The summed E-state index contributed by atoms with van der Waals surface area (Å²) in [6.45, 7) is 1.54. The lowest BCUT2D eigenvalue weighted by molar-refractivity contribution is -0.137. The van der Waals surface area contributed by atoms with Crippen LogP contribution in [0.2, 0.25) is 0 Å². The standard InChI is InChI=1S/C20H13F4N3/c1-11-8-13(20(22,23)24)10-17-18(11)27-19(26-17)14-6-5-12(9-15(14)21)16-4-2-3-7-25-16/h2-10H,1H3,(H,26,27). The van der Waals surface area contributed by atoms with Gasteiger partial charge in [-0.2, -0.15) is 13.2 Å². The lowest BCUT2D eigenvalue weighted by Crippen LogP contribution is -2.05. The smallest absolute Gasteiger partial charge is 0.338 e. The number of aromatic nitrogens is 3. The number of nitrogens with one attached hydrogen (secondary N) is 1. The fourth-order valence-corrected chi connectivity index (χ4v) is 2.98. The van der Waals surface area contributed by atoms with Crippen LogP contribution in [-0.4, -0.2) is 15.0 Å². The van der Waals surface area contributed by atoms with Crippen LogP contribution in [0.15, 0.2) is 54.7 Å². The molecule has 2 aromatic carbocycles. The van der Waals surface area contributed by atoms with Crippen molar-refractivity contribution in [2.24, 2.45) is 0 Å². The SMILES string of the molecule is Cc1cc(C(F)(F)F)cc2[nH]c(-c3ccc(-c4ccccn4)cc3F)nc12. The summed E-state index contributed by atoms with van der Waals surface area (Å²) in [7, 11) is 0. The molecule has 2 heterocycles. The van der Waals surface area contributed by atoms with Crippen molar-refractivity contribution in [3.05, 3.63) is 71.7 Å². The molecule has 0 aliphatic carbocycles. The van der Waals surface area contributed by atoms with Gasteiger partial charge in [-0.15, -0.1) is 0 Å². The number of fused-ring (bicyclic) bond motifs is 1. The van der Waals surface area contributed by atoms with Crippen LogP contribution in [-0.2, 0) is 6.18 Å². The van der Waals surface area contributed by atoms with Crippen LogP contribution < -0.4 is 0 Å². The average Bonchev–Trinajstić information content (AvgIpc) is 3.06. The highest BCUT2D eigenvalue weighted by atomic mass is 19.4. The first-order valence-electron chi connectivity index (χ1n) is 8.12. The average molecular weight is 371 g/mol. The Balaban J connectivity index is 1.79. The molecule has 1 N–H and O–H groups in total. The molecule has 0 aliphatic rings. The molecule has 0 spiro atoms. The highest BCUT2D eigenvalue weighted by Gasteiger charge is 2.31. The van der Waals surface area contributed by atoms with E-state index in [1.165, 1.54) is 12.1 Å². The van der Waals surface area contributed by atoms with E-state index < -0.39 is 17.6 Å². The number of H-pyrrole nitrogens is 1. The molecule has 2 aromatic heterocycles. The molecule has 0 aliphatic heterocycles. The molecule has 0 saturated heterocycles. The third-order valence-corrected chi connectivity index (χ3v) is 4.29. The zero-order valence-corrected chi connectivity index (χ0v) is 14.1. The van der Waals surface area contributed by atoms with E-state index in [0.29, 0.717) is 22.3 Å². The first-order valence-corrected chi connectivity index (χ1v) is 8.12. The second-order valence-corrected chi connectivity index (χ2v) is 6.18. The first-order chi connectivity index (χ1) is 12.8. The summed E-state index contributed by atoms with van der Waals surface area (Å²) < 4.78 is 53.6. The number of pyridine rings is 1. The monoisotopic (exact) mass is 371 g/mol. The van der Waals surface area contributed by atoms with Crippen LogP contribution in [0.5, 0.6) is 0 Å². The lowest BCUT2D eigenvalue weighted by atomic mass is 10.1. The number of imidazole rings is 1. The van der Waals surface area contributed by atoms with Crippen molar-refractivity contribution in [3.8, 4) is 22.6 Å². The number of aryl methyl sites for hydroxylation is 1. The Hall–Kier alpha value is -3.22. The molecule has 0 amide bonds. The number of nitrogens with zero attached hydrogens (tertiary/aromatic N) is 2. The number of hydrogen-bond donors (Lipinski definition) is 1. The maximum absolute atomic E-state index is 14.7. The number of benzene rings is 2. The van der Waals surface area contributed by atoms with Gasteiger partial charge in [-0.3, -0.25) is 4.98 Å². The van der Waals surface area contributed by atoms with E-state index in [9.17, 15) is 17.6 Å². The molecule has 0 fully saturated rings. The normalized spacial score (nSPS) is 11.9. The van der Waals surface area contributed by atoms with E-state index in [2.05, 4.69) is 15.0 Å². The van der Waals surface area contributed by atoms with Crippen molar-refractivity contribution < 1.29 is 17.6 Å². The summed E-state index contributed by atoms with van der Waals surface area (Å²) >= 11 is 0. The highest BCUT2D eigenvalue weighted by Crippen LogP contribution is 2.34. The van der Waals surface area contributed by atoms with Gasteiger partial charge in [0.25, 0.3) is 0 Å². The fraction of sp³-hybridized carbons (Fsp3) is 0.100. The molecular weight excluding hydrogens is 358 g/mol. The largest absolute Gasteiger partial charge is 0.416 e. The van der Waals surface area contributed by atoms with Gasteiger partial charge in [0, 0.05) is 11.8 Å². The Kier molecular flexibility index (Phi) is 3.95. The second-order valence-electron chi connectivity index (χ2n) is 6.18. The summed E-state index contributed by atoms with van der Waals surface area (Å²) in [4.78, 5) is 11.3. The van der Waals surface area contributed by atoms with Gasteiger partial charge >= 0.3 is 6.18 Å². The van der Waals surface area contributed by atoms with E-state index in [4.69, 9.17) is 0 Å². The van der Waals surface area contributed by atoms with Gasteiger partial charge in [0.1, 0.15) is 11.6 Å². The van der Waals surface area contributed by atoms with Crippen LogP contribution in [0, 0.1) is 12.7 Å². The van der Waals surface area contributed by atoms with E-state index >= 15 is 0 Å². The Morgan fingerprint density at radius 3 is 2.48 bits per heavy atom. The summed E-state index contributed by atoms with van der Waals surface area (Å²) in [5.41, 5.74) is 1.60. The molecule has 4 aromatic rings. The van der Waals surface area contributed by atoms with E-state index in [1.807, 2.05) is 0 Å². The number of halogens is 4. The van der Waals surface area contributed by atoms with Crippen molar-refractivity contribution in [1.29, 1.82) is 0 Å². The van der Waals surface area contributed by atoms with E-state index in [0.717, 1.165) is 12.1 Å². The summed E-state index contributed by atoms with van der Waals surface area (Å²) in [6.07, 6.45) is -2.85. The summed E-state index contributed by atoms with van der Waals surface area (Å²) in [6, 6.07) is 11.9. The first kappa shape index (κ1) is 17.2. The van der Waals surface area contributed by atoms with Crippen LogP contribution in [0.1, 0.15) is 11.1 Å². The molecule has 0 atom stereocenters. The number of rotatable bonds is 2. The summed E-state index contributed by atoms with van der Waals surface area (Å²) in [5.74, 6) is -0.358. The van der Waals surface area contributed by atoms with Crippen molar-refractivity contribution in [2.45, 2.75) is 13.1 Å². The molecule has 7 heteroatoms. The Labute approximate surface area is 151 Å². The van der Waals surface area contributed by atoms with Gasteiger partial charge in [0.05, 0.1) is 27.9 Å². The Morgan fingerprint density at radius 1 is 1.00 bits per heavy atom. The van der Waals surface area contributed by atoms with Gasteiger partial charge in [-0.25, -0.2) is 9.37 Å². The minimum atomic E-state index is -4.46. The maximum Gasteiger partial charge on any atom is 0.416 e. The van der Waals surface area contributed by atoms with Crippen LogP contribution in [0.3, 0.4) is 0 Å². The van der Waals surface area contributed by atoms with Crippen molar-refractivity contribution >= 4 is 11.0 Å². The van der Waals surface area contributed by atoms with Gasteiger partial charge in [0.2, 0.25) is 0 Å². The molecule has 3 nitrogen and oxygen atoms in total. The van der Waals surface area contributed by atoms with Crippen LogP contribution in [0.4, 0.5) is 17.6 Å². The third-order valence-electron chi connectivity index (χ3n) is 4.29. The van der Waals surface area contributed by atoms with Gasteiger partial charge in [-0.05, 0) is 48.9 Å². The topological polar surface area (TPSA) is 41.6 Å². The molecule has 0 unspecified atom stereocenters. The van der Waals surface area contributed by atoms with Gasteiger partial charge in [0.15, 0.2) is 0 Å². The summed E-state index contributed by atoms with van der Waals surface area (Å²) in [5, 5.41) is 0. The van der Waals surface area contributed by atoms with Crippen LogP contribution in [0.25, 0.3) is 33.7 Å². The van der Waals surface area contributed by atoms with Gasteiger partial charge < -0.3 is 4.98 Å². The predicted molar refractivity (Wildman–Crippen MR) is 94.5 cm³/mol. The second kappa shape index (κ2) is 6.19. The van der Waals surface area contributed by atoms with E-state index in [-0.39, 0.29) is 16.9 Å². The Morgan fingerprint density at radius 2 is 1.81 bits per heavy atom. The molecular formula is C20H13F4N3. The Bertz CT molecular complexity index is 1130. The third kappa shape index (κ3) is 3.16. The number of aromatic amines is 1. The molecule has 0 radical (unpaired) electrons. The maximum atomic E-state index is 14.7. The minimum absolute atomic E-state index is 0.178. The molecule has 4 rings (SSSR count). The lowest BCUT2D eigenvalue weighted by Gasteiger charge is -2.07.